The maximum Gasteiger partial charge on any atom is 0.191 e. The molecule has 0 spiro atoms. The van der Waals surface area contributed by atoms with E-state index in [0.717, 1.165) is 35.3 Å². The van der Waals surface area contributed by atoms with Crippen molar-refractivity contribution >= 4 is 23.4 Å². The van der Waals surface area contributed by atoms with E-state index < -0.39 is 0 Å². The normalized spacial score (nSPS) is 10.7. The van der Waals surface area contributed by atoms with E-state index in [1.165, 1.54) is 0 Å². The quantitative estimate of drug-likeness (QED) is 0.452. The number of rotatable bonds is 8. The molecular formula is C17H17ClN4OS. The molecular weight excluding hydrogens is 344 g/mol. The highest BCUT2D eigenvalue weighted by Gasteiger charge is 2.06. The van der Waals surface area contributed by atoms with E-state index in [4.69, 9.17) is 16.3 Å². The van der Waals surface area contributed by atoms with E-state index in [0.29, 0.717) is 11.6 Å². The number of hydrogen-bond donors (Lipinski definition) is 0. The van der Waals surface area contributed by atoms with Crippen molar-refractivity contribution in [3.8, 4) is 5.75 Å². The van der Waals surface area contributed by atoms with Gasteiger partial charge in [0, 0.05) is 35.6 Å². The maximum atomic E-state index is 5.85. The largest absolute Gasteiger partial charge is 0.493 e. The van der Waals surface area contributed by atoms with Gasteiger partial charge in [-0.15, -0.1) is 10.2 Å². The highest BCUT2D eigenvalue weighted by Crippen LogP contribution is 2.18. The van der Waals surface area contributed by atoms with Crippen LogP contribution < -0.4 is 4.74 Å². The van der Waals surface area contributed by atoms with Gasteiger partial charge in [-0.2, -0.15) is 0 Å². The fourth-order valence-electron chi connectivity index (χ4n) is 2.11. The average Bonchev–Trinajstić information content (AvgIpc) is 3.07. The van der Waals surface area contributed by atoms with Crippen molar-refractivity contribution in [2.75, 3.05) is 12.4 Å². The molecule has 24 heavy (non-hydrogen) atoms. The Morgan fingerprint density at radius 2 is 2.00 bits per heavy atom. The fourth-order valence-corrected chi connectivity index (χ4v) is 3.00. The SMILES string of the molecule is Clc1ccc(OCCSc2nncn2CCc2ccccn2)cc1. The van der Waals surface area contributed by atoms with Crippen molar-refractivity contribution in [3.05, 3.63) is 65.7 Å². The summed E-state index contributed by atoms with van der Waals surface area (Å²) in [4.78, 5) is 4.33. The molecule has 0 unspecified atom stereocenters. The molecule has 3 aromatic rings. The van der Waals surface area contributed by atoms with Crippen LogP contribution in [-0.2, 0) is 13.0 Å². The Morgan fingerprint density at radius 1 is 1.12 bits per heavy atom. The van der Waals surface area contributed by atoms with Crippen molar-refractivity contribution in [1.29, 1.82) is 0 Å². The molecule has 0 aliphatic heterocycles. The summed E-state index contributed by atoms with van der Waals surface area (Å²) in [6.45, 7) is 1.41. The minimum atomic E-state index is 0.597. The Bertz CT molecular complexity index is 749. The Kier molecular flexibility index (Phi) is 6.09. The van der Waals surface area contributed by atoms with Gasteiger partial charge in [-0.05, 0) is 36.4 Å². The molecule has 7 heteroatoms. The summed E-state index contributed by atoms with van der Waals surface area (Å²) in [6.07, 6.45) is 4.42. The molecule has 0 N–H and O–H groups in total. The third-order valence-electron chi connectivity index (χ3n) is 3.31. The molecule has 124 valence electrons. The number of pyridine rings is 1. The predicted octanol–water partition coefficient (Wildman–Crippen LogP) is 3.74. The summed E-state index contributed by atoms with van der Waals surface area (Å²) in [5.41, 5.74) is 1.06. The first kappa shape index (κ1) is 16.8. The molecule has 0 radical (unpaired) electrons. The van der Waals surface area contributed by atoms with Crippen LogP contribution in [0.2, 0.25) is 5.02 Å². The van der Waals surface area contributed by atoms with Gasteiger partial charge in [0.1, 0.15) is 12.1 Å². The van der Waals surface area contributed by atoms with Crippen molar-refractivity contribution < 1.29 is 4.74 Å². The number of nitrogens with zero attached hydrogens (tertiary/aromatic N) is 4. The molecule has 0 saturated carbocycles. The van der Waals surface area contributed by atoms with Crippen LogP contribution in [0.1, 0.15) is 5.69 Å². The van der Waals surface area contributed by atoms with Crippen molar-refractivity contribution in [3.63, 3.8) is 0 Å². The van der Waals surface area contributed by atoms with Gasteiger partial charge in [0.25, 0.3) is 0 Å². The van der Waals surface area contributed by atoms with Crippen LogP contribution in [0.15, 0.2) is 60.1 Å². The Labute approximate surface area is 150 Å². The second kappa shape index (κ2) is 8.70. The van der Waals surface area contributed by atoms with Gasteiger partial charge in [-0.1, -0.05) is 29.4 Å². The number of benzene rings is 1. The van der Waals surface area contributed by atoms with E-state index >= 15 is 0 Å². The first-order chi connectivity index (χ1) is 11.8. The van der Waals surface area contributed by atoms with Crippen molar-refractivity contribution in [1.82, 2.24) is 19.7 Å². The highest BCUT2D eigenvalue weighted by molar-refractivity contribution is 7.99. The first-order valence-corrected chi connectivity index (χ1v) is 8.96. The number of halogens is 1. The highest BCUT2D eigenvalue weighted by atomic mass is 35.5. The molecule has 2 heterocycles. The molecule has 3 rings (SSSR count). The van der Waals surface area contributed by atoms with Gasteiger partial charge in [0.05, 0.1) is 6.61 Å². The van der Waals surface area contributed by atoms with Crippen molar-refractivity contribution in [2.45, 2.75) is 18.1 Å². The van der Waals surface area contributed by atoms with Gasteiger partial charge in [0.15, 0.2) is 5.16 Å². The van der Waals surface area contributed by atoms with Gasteiger partial charge < -0.3 is 9.30 Å². The maximum absolute atomic E-state index is 5.85. The van der Waals surface area contributed by atoms with E-state index in [-0.39, 0.29) is 0 Å². The third kappa shape index (κ3) is 4.97. The molecule has 0 bridgehead atoms. The molecule has 0 fully saturated rings. The zero-order chi connectivity index (χ0) is 16.6. The lowest BCUT2D eigenvalue weighted by Crippen LogP contribution is -2.05. The molecule has 0 saturated heterocycles. The number of aryl methyl sites for hydroxylation is 2. The van der Waals surface area contributed by atoms with Crippen LogP contribution in [0.25, 0.3) is 0 Å². The summed E-state index contributed by atoms with van der Waals surface area (Å²) in [5, 5.41) is 9.76. The first-order valence-electron chi connectivity index (χ1n) is 7.60. The lowest BCUT2D eigenvalue weighted by Gasteiger charge is -2.07. The minimum absolute atomic E-state index is 0.597. The number of thioether (sulfide) groups is 1. The molecule has 0 aliphatic carbocycles. The smallest absolute Gasteiger partial charge is 0.191 e. The number of aromatic nitrogens is 4. The second-order valence-corrected chi connectivity index (χ2v) is 6.53. The van der Waals surface area contributed by atoms with E-state index in [9.17, 15) is 0 Å². The monoisotopic (exact) mass is 360 g/mol. The van der Waals surface area contributed by atoms with Gasteiger partial charge >= 0.3 is 0 Å². The lowest BCUT2D eigenvalue weighted by atomic mass is 10.3. The zero-order valence-corrected chi connectivity index (χ0v) is 14.6. The summed E-state index contributed by atoms with van der Waals surface area (Å²) >= 11 is 7.48. The Balaban J connectivity index is 1.44. The van der Waals surface area contributed by atoms with E-state index in [1.54, 1.807) is 18.1 Å². The topological polar surface area (TPSA) is 52.8 Å². The third-order valence-corrected chi connectivity index (χ3v) is 4.51. The molecule has 5 nitrogen and oxygen atoms in total. The van der Waals surface area contributed by atoms with E-state index in [1.807, 2.05) is 53.2 Å². The number of ether oxygens (including phenoxy) is 1. The molecule has 0 amide bonds. The van der Waals surface area contributed by atoms with Crippen molar-refractivity contribution in [2.24, 2.45) is 0 Å². The average molecular weight is 361 g/mol. The van der Waals surface area contributed by atoms with Crippen LogP contribution in [0.3, 0.4) is 0 Å². The Morgan fingerprint density at radius 3 is 2.79 bits per heavy atom. The fraction of sp³-hybridized carbons (Fsp3) is 0.235. The summed E-state index contributed by atoms with van der Waals surface area (Å²) in [5.74, 6) is 1.61. The van der Waals surface area contributed by atoms with Crippen LogP contribution in [0.4, 0.5) is 0 Å². The van der Waals surface area contributed by atoms with Gasteiger partial charge in [0.2, 0.25) is 0 Å². The zero-order valence-electron chi connectivity index (χ0n) is 13.0. The summed E-state index contributed by atoms with van der Waals surface area (Å²) in [7, 11) is 0. The second-order valence-electron chi connectivity index (χ2n) is 5.03. The Hall–Kier alpha value is -2.05. The van der Waals surface area contributed by atoms with Crippen LogP contribution in [-0.4, -0.2) is 32.1 Å². The molecule has 1 aromatic carbocycles. The van der Waals surface area contributed by atoms with Gasteiger partial charge in [-0.3, -0.25) is 4.98 Å². The number of hydrogen-bond acceptors (Lipinski definition) is 5. The molecule has 0 atom stereocenters. The van der Waals surface area contributed by atoms with Crippen LogP contribution >= 0.6 is 23.4 Å². The lowest BCUT2D eigenvalue weighted by molar-refractivity contribution is 0.344. The van der Waals surface area contributed by atoms with Crippen LogP contribution in [0, 0.1) is 0 Å². The van der Waals surface area contributed by atoms with Crippen LogP contribution in [0.5, 0.6) is 5.75 Å². The summed E-state index contributed by atoms with van der Waals surface area (Å²) in [6, 6.07) is 13.3. The molecule has 2 aromatic heterocycles. The molecule has 0 aliphatic rings. The standard InChI is InChI=1S/C17H17ClN4OS/c18-14-4-6-16(7-5-14)23-11-12-24-17-21-20-13-22(17)10-8-15-3-1-2-9-19-15/h1-7,9,13H,8,10-12H2. The van der Waals surface area contributed by atoms with E-state index in [2.05, 4.69) is 15.2 Å². The minimum Gasteiger partial charge on any atom is -0.493 e. The predicted molar refractivity (Wildman–Crippen MR) is 95.6 cm³/mol. The van der Waals surface area contributed by atoms with Gasteiger partial charge in [-0.25, -0.2) is 0 Å². The summed E-state index contributed by atoms with van der Waals surface area (Å²) < 4.78 is 7.72.